The Morgan fingerprint density at radius 3 is 2.42 bits per heavy atom. The maximum atomic E-state index is 11.6. The Bertz CT molecular complexity index is 545. The summed E-state index contributed by atoms with van der Waals surface area (Å²) in [6, 6.07) is 8.12. The fourth-order valence-corrected chi connectivity index (χ4v) is 2.99. The second-order valence-electron chi connectivity index (χ2n) is 6.57. The highest BCUT2D eigenvalue weighted by molar-refractivity contribution is 5.93. The van der Waals surface area contributed by atoms with Crippen molar-refractivity contribution in [3.05, 3.63) is 35.4 Å². The predicted molar refractivity (Wildman–Crippen MR) is 99.2 cm³/mol. The van der Waals surface area contributed by atoms with Gasteiger partial charge in [0.05, 0.1) is 6.54 Å². The Labute approximate surface area is 145 Å². The topological polar surface area (TPSA) is 65.5 Å². The predicted octanol–water partition coefficient (Wildman–Crippen LogP) is 2.68. The first kappa shape index (κ1) is 18.3. The maximum absolute atomic E-state index is 11.6. The number of carbonyl (C=O) groups is 1. The third-order valence-corrected chi connectivity index (χ3v) is 4.56. The molecule has 1 aromatic carbocycles. The molecule has 1 saturated carbocycles. The van der Waals surface area contributed by atoms with Crippen molar-refractivity contribution in [2.75, 3.05) is 13.6 Å². The minimum absolute atomic E-state index is 0.0633. The van der Waals surface area contributed by atoms with Gasteiger partial charge in [0.1, 0.15) is 0 Å². The largest absolute Gasteiger partial charge is 0.357 e. The highest BCUT2D eigenvalue weighted by Gasteiger charge is 2.18. The summed E-state index contributed by atoms with van der Waals surface area (Å²) >= 11 is 0. The molecule has 1 aromatic rings. The molecule has 5 heteroatoms. The molecule has 0 atom stereocenters. The van der Waals surface area contributed by atoms with Gasteiger partial charge in [0.25, 0.3) is 5.91 Å². The molecule has 0 aromatic heterocycles. The molecular weight excluding hydrogens is 300 g/mol. The lowest BCUT2D eigenvalue weighted by Gasteiger charge is -2.28. The summed E-state index contributed by atoms with van der Waals surface area (Å²) in [6.07, 6.45) is 5.01. The van der Waals surface area contributed by atoms with Crippen LogP contribution in [0, 0.1) is 5.92 Å². The summed E-state index contributed by atoms with van der Waals surface area (Å²) in [7, 11) is 1.64. The molecule has 0 unspecified atom stereocenters. The molecular formula is C19H30N4O. The molecule has 3 N–H and O–H groups in total. The number of rotatable bonds is 5. The summed E-state index contributed by atoms with van der Waals surface area (Å²) in [5.74, 6) is 1.67. The van der Waals surface area contributed by atoms with Crippen LogP contribution in [0.1, 0.15) is 55.5 Å². The van der Waals surface area contributed by atoms with Gasteiger partial charge in [-0.2, -0.15) is 0 Å². The highest BCUT2D eigenvalue weighted by Crippen LogP contribution is 2.23. The second kappa shape index (κ2) is 9.30. The van der Waals surface area contributed by atoms with Crippen LogP contribution in [0.25, 0.3) is 0 Å². The number of guanidine groups is 1. The molecule has 0 radical (unpaired) electrons. The Kier molecular flexibility index (Phi) is 7.09. The average Bonchev–Trinajstić information content (AvgIpc) is 2.61. The molecule has 24 heavy (non-hydrogen) atoms. The highest BCUT2D eigenvalue weighted by atomic mass is 16.1. The zero-order chi connectivity index (χ0) is 17.4. The van der Waals surface area contributed by atoms with Crippen LogP contribution in [-0.2, 0) is 6.54 Å². The Morgan fingerprint density at radius 1 is 1.17 bits per heavy atom. The normalized spacial score (nSPS) is 21.2. The molecule has 5 nitrogen and oxygen atoms in total. The molecule has 1 amide bonds. The van der Waals surface area contributed by atoms with Gasteiger partial charge in [-0.15, -0.1) is 0 Å². The van der Waals surface area contributed by atoms with E-state index < -0.39 is 0 Å². The third-order valence-electron chi connectivity index (χ3n) is 4.56. The minimum atomic E-state index is -0.0633. The summed E-state index contributed by atoms with van der Waals surface area (Å²) in [6.45, 7) is 5.87. The van der Waals surface area contributed by atoms with Gasteiger partial charge in [-0.3, -0.25) is 4.79 Å². The van der Waals surface area contributed by atoms with E-state index in [2.05, 4.69) is 34.8 Å². The Balaban J connectivity index is 1.93. The van der Waals surface area contributed by atoms with Gasteiger partial charge in [-0.25, -0.2) is 4.99 Å². The number of nitrogens with one attached hydrogen (secondary N) is 3. The van der Waals surface area contributed by atoms with Crippen molar-refractivity contribution >= 4 is 11.9 Å². The number of aliphatic imine (C=N–C) groups is 1. The molecule has 1 aliphatic rings. The van der Waals surface area contributed by atoms with Crippen LogP contribution in [0.5, 0.6) is 0 Å². The van der Waals surface area contributed by atoms with Gasteiger partial charge in [-0.05, 0) is 56.2 Å². The fourth-order valence-electron chi connectivity index (χ4n) is 2.99. The van der Waals surface area contributed by atoms with Crippen molar-refractivity contribution in [2.45, 2.75) is 52.1 Å². The lowest BCUT2D eigenvalue weighted by Crippen LogP contribution is -2.44. The number of carbonyl (C=O) groups excluding carboxylic acids is 1. The van der Waals surface area contributed by atoms with E-state index in [1.54, 1.807) is 7.05 Å². The van der Waals surface area contributed by atoms with Gasteiger partial charge in [0, 0.05) is 25.2 Å². The Hall–Kier alpha value is -2.04. The average molecular weight is 330 g/mol. The molecule has 132 valence electrons. The van der Waals surface area contributed by atoms with Crippen LogP contribution >= 0.6 is 0 Å². The number of benzene rings is 1. The van der Waals surface area contributed by atoms with E-state index >= 15 is 0 Å². The first-order chi connectivity index (χ1) is 11.6. The summed E-state index contributed by atoms with van der Waals surface area (Å²) in [4.78, 5) is 16.2. The number of hydrogen-bond acceptors (Lipinski definition) is 2. The van der Waals surface area contributed by atoms with Gasteiger partial charge in [0.15, 0.2) is 5.96 Å². The smallest absolute Gasteiger partial charge is 0.251 e. The molecule has 1 aliphatic carbocycles. The van der Waals surface area contributed by atoms with Crippen molar-refractivity contribution in [3.63, 3.8) is 0 Å². The van der Waals surface area contributed by atoms with Crippen molar-refractivity contribution in [3.8, 4) is 0 Å². The van der Waals surface area contributed by atoms with Gasteiger partial charge >= 0.3 is 0 Å². The van der Waals surface area contributed by atoms with Gasteiger partial charge < -0.3 is 16.0 Å². The van der Waals surface area contributed by atoms with Crippen molar-refractivity contribution in [1.29, 1.82) is 0 Å². The molecule has 1 fully saturated rings. The summed E-state index contributed by atoms with van der Waals surface area (Å²) < 4.78 is 0. The maximum Gasteiger partial charge on any atom is 0.251 e. The molecule has 0 spiro atoms. The lowest BCUT2D eigenvalue weighted by molar-refractivity contribution is 0.0963. The monoisotopic (exact) mass is 330 g/mol. The fraction of sp³-hybridized carbons (Fsp3) is 0.579. The molecule has 2 rings (SSSR count). The third kappa shape index (κ3) is 5.55. The van der Waals surface area contributed by atoms with Crippen molar-refractivity contribution in [2.24, 2.45) is 10.9 Å². The first-order valence-electron chi connectivity index (χ1n) is 8.98. The standard InChI is InChI=1S/C19H30N4O/c1-4-21-19(23-17-11-5-14(2)6-12-17)22-13-15-7-9-16(10-8-15)18(24)20-3/h7-10,14,17H,4-6,11-13H2,1-3H3,(H,20,24)(H2,21,22,23). The first-order valence-corrected chi connectivity index (χ1v) is 8.98. The van der Waals surface area contributed by atoms with E-state index in [4.69, 9.17) is 0 Å². The van der Waals surface area contributed by atoms with E-state index in [-0.39, 0.29) is 5.91 Å². The zero-order valence-electron chi connectivity index (χ0n) is 15.1. The van der Waals surface area contributed by atoms with Crippen LogP contribution in [0.4, 0.5) is 0 Å². The summed E-state index contributed by atoms with van der Waals surface area (Å²) in [5, 5.41) is 9.52. The quantitative estimate of drug-likeness (QED) is 0.574. The van der Waals surface area contributed by atoms with Gasteiger partial charge in [0.2, 0.25) is 0 Å². The number of amides is 1. The lowest BCUT2D eigenvalue weighted by atomic mass is 9.87. The summed E-state index contributed by atoms with van der Waals surface area (Å²) in [5.41, 5.74) is 1.77. The van der Waals surface area contributed by atoms with E-state index in [0.717, 1.165) is 24.0 Å². The number of hydrogen-bond donors (Lipinski definition) is 3. The van der Waals surface area contributed by atoms with E-state index in [1.807, 2.05) is 24.3 Å². The van der Waals surface area contributed by atoms with Gasteiger partial charge in [-0.1, -0.05) is 19.1 Å². The van der Waals surface area contributed by atoms with E-state index in [1.165, 1.54) is 25.7 Å². The van der Waals surface area contributed by atoms with Crippen LogP contribution in [0.2, 0.25) is 0 Å². The SMILES string of the molecule is CCNC(=NCc1ccc(C(=O)NC)cc1)NC1CCC(C)CC1. The Morgan fingerprint density at radius 2 is 1.83 bits per heavy atom. The van der Waals surface area contributed by atoms with Crippen LogP contribution < -0.4 is 16.0 Å². The second-order valence-corrected chi connectivity index (χ2v) is 6.57. The van der Waals surface area contributed by atoms with Crippen LogP contribution in [0.3, 0.4) is 0 Å². The molecule has 0 aliphatic heterocycles. The van der Waals surface area contributed by atoms with Crippen LogP contribution in [-0.4, -0.2) is 31.5 Å². The van der Waals surface area contributed by atoms with E-state index in [0.29, 0.717) is 18.2 Å². The molecule has 0 saturated heterocycles. The zero-order valence-corrected chi connectivity index (χ0v) is 15.1. The molecule has 0 bridgehead atoms. The molecule has 0 heterocycles. The van der Waals surface area contributed by atoms with Crippen molar-refractivity contribution < 1.29 is 4.79 Å². The minimum Gasteiger partial charge on any atom is -0.357 e. The van der Waals surface area contributed by atoms with E-state index in [9.17, 15) is 4.79 Å². The van der Waals surface area contributed by atoms with Crippen molar-refractivity contribution in [1.82, 2.24) is 16.0 Å². The number of nitrogens with zero attached hydrogens (tertiary/aromatic N) is 1. The van der Waals surface area contributed by atoms with Crippen LogP contribution in [0.15, 0.2) is 29.3 Å².